The average molecular weight is 1010 g/mol. The van der Waals surface area contributed by atoms with Gasteiger partial charge in [0.15, 0.2) is 24.0 Å². The zero-order valence-corrected chi connectivity index (χ0v) is 40.4. The molecule has 0 spiro atoms. The normalized spacial score (nSPS) is 12.0. The summed E-state index contributed by atoms with van der Waals surface area (Å²) in [5.41, 5.74) is 3.54. The predicted octanol–water partition coefficient (Wildman–Crippen LogP) is 5.64. The zero-order valence-electron chi connectivity index (χ0n) is 38.6. The number of aryl methyl sites for hydroxylation is 5. The van der Waals surface area contributed by atoms with Crippen LogP contribution in [0.25, 0.3) is 56.0 Å². The summed E-state index contributed by atoms with van der Waals surface area (Å²) in [5, 5.41) is 34.0. The van der Waals surface area contributed by atoms with Gasteiger partial charge in [0.25, 0.3) is 0 Å². The smallest absolute Gasteiger partial charge is 0.507 e. The summed E-state index contributed by atoms with van der Waals surface area (Å²) in [7, 11) is -5.18. The van der Waals surface area contributed by atoms with Crippen LogP contribution in [-0.2, 0) is 42.1 Å². The third-order valence-electron chi connectivity index (χ3n) is 12.1. The first-order chi connectivity index (χ1) is 33.7. The molecule has 9 rings (SSSR count). The molecule has 0 atom stereocenters. The molecule has 4 heterocycles. The number of aromatic hydroxyl groups is 2. The third-order valence-corrected chi connectivity index (χ3v) is 13.0. The number of hydrogen-bond acceptors (Lipinski definition) is 11. The molecule has 0 aliphatic heterocycles. The van der Waals surface area contributed by atoms with Crippen molar-refractivity contribution in [3.63, 3.8) is 0 Å². The van der Waals surface area contributed by atoms with Gasteiger partial charge in [0.05, 0.1) is 31.0 Å². The minimum Gasteiger partial charge on any atom is -0.507 e. The molecule has 368 valence electrons. The Bertz CT molecular complexity index is 3780. The van der Waals surface area contributed by atoms with Gasteiger partial charge >= 0.3 is 32.8 Å². The maximum atomic E-state index is 14.3. The van der Waals surface area contributed by atoms with E-state index >= 15 is 0 Å². The van der Waals surface area contributed by atoms with Crippen molar-refractivity contribution in [3.8, 4) is 68.6 Å². The highest BCUT2D eigenvalue weighted by molar-refractivity contribution is 7.47. The number of ether oxygens (including phenoxy) is 2. The second-order valence-corrected chi connectivity index (χ2v) is 19.0. The summed E-state index contributed by atoms with van der Waals surface area (Å²) in [5.74, 6) is -0.229. The first kappa shape index (κ1) is 48.2. The maximum absolute atomic E-state index is 14.3. The van der Waals surface area contributed by atoms with Crippen molar-refractivity contribution in [1.29, 1.82) is 0 Å². The Labute approximate surface area is 402 Å². The van der Waals surface area contributed by atoms with Crippen LogP contribution in [0.1, 0.15) is 29.2 Å². The molecule has 9 aromatic rings. The summed E-state index contributed by atoms with van der Waals surface area (Å²) in [6, 6.07) is 23.0. The number of phosphoric ester groups is 2. The van der Waals surface area contributed by atoms with Crippen molar-refractivity contribution in [2.24, 2.45) is 7.05 Å². The monoisotopic (exact) mass is 1010 g/mol. The van der Waals surface area contributed by atoms with Gasteiger partial charge in [0.2, 0.25) is 0 Å². The number of nitrogens with zero attached hydrogens (tertiary/aromatic N) is 6. The van der Waals surface area contributed by atoms with E-state index in [4.69, 9.17) is 18.5 Å². The van der Waals surface area contributed by atoms with Gasteiger partial charge in [-0.3, -0.25) is 19.6 Å². The van der Waals surface area contributed by atoms with E-state index in [0.29, 0.717) is 51.3 Å². The Morgan fingerprint density at radius 1 is 0.704 bits per heavy atom. The molecule has 4 aromatic heterocycles. The van der Waals surface area contributed by atoms with Gasteiger partial charge in [-0.25, -0.2) is 28.4 Å². The van der Waals surface area contributed by atoms with Crippen LogP contribution in [0, 0.1) is 6.92 Å². The SMILES string of the molecule is CCc1cc(-c2n[nH]c(=O)n2-c2ccc3c(c2)c(C)cn3C[n+]2[nH]c(=O)n(-c3ccc4c(ccn4C)c3)c2-c2cc(CCc3ccc(OC)c(OC)c3)c(OP(=O)(O)O)cc2O)c(O)cc1OP(=O)(O)O. The van der Waals surface area contributed by atoms with Gasteiger partial charge in [0.1, 0.15) is 34.2 Å². The van der Waals surface area contributed by atoms with E-state index in [-0.39, 0.29) is 53.8 Å². The number of H-pyrrole nitrogens is 2. The Morgan fingerprint density at radius 3 is 2.03 bits per heavy atom. The van der Waals surface area contributed by atoms with E-state index < -0.39 is 38.5 Å². The molecule has 0 unspecified atom stereocenters. The van der Waals surface area contributed by atoms with Crippen LogP contribution in [-0.4, -0.2) is 77.6 Å². The highest BCUT2D eigenvalue weighted by atomic mass is 31.2. The molecule has 0 aliphatic rings. The number of phosphoric acid groups is 2. The van der Waals surface area contributed by atoms with Crippen LogP contribution in [0.3, 0.4) is 0 Å². The molecule has 24 heteroatoms. The molecule has 0 aliphatic carbocycles. The molecule has 8 N–H and O–H groups in total. The van der Waals surface area contributed by atoms with Gasteiger partial charge in [-0.05, 0) is 115 Å². The molecule has 0 amide bonds. The van der Waals surface area contributed by atoms with Crippen molar-refractivity contribution >= 4 is 37.5 Å². The number of benzene rings is 5. The fourth-order valence-corrected chi connectivity index (χ4v) is 9.69. The number of nitrogens with one attached hydrogen (secondary N) is 2. The zero-order chi connectivity index (χ0) is 50.7. The molecule has 0 radical (unpaired) electrons. The summed E-state index contributed by atoms with van der Waals surface area (Å²) < 4.78 is 52.7. The summed E-state index contributed by atoms with van der Waals surface area (Å²) in [6.45, 7) is 3.52. The van der Waals surface area contributed by atoms with Gasteiger partial charge in [-0.1, -0.05) is 13.0 Å². The fraction of sp³-hybridized carbons (Fsp3) is 0.191. The first-order valence-corrected chi connectivity index (χ1v) is 24.8. The number of aromatic amines is 2. The van der Waals surface area contributed by atoms with Crippen LogP contribution >= 0.6 is 15.6 Å². The van der Waals surface area contributed by atoms with Crippen LogP contribution in [0.2, 0.25) is 0 Å². The molecule has 71 heavy (non-hydrogen) atoms. The number of rotatable bonds is 16. The third kappa shape index (κ3) is 9.47. The van der Waals surface area contributed by atoms with Gasteiger partial charge in [-0.15, -0.1) is 9.25 Å². The lowest BCUT2D eigenvalue weighted by molar-refractivity contribution is -0.745. The Morgan fingerprint density at radius 2 is 1.35 bits per heavy atom. The van der Waals surface area contributed by atoms with E-state index in [1.54, 1.807) is 43.3 Å². The summed E-state index contributed by atoms with van der Waals surface area (Å²) in [6.07, 6.45) is 4.46. The Hall–Kier alpha value is -7.84. The minimum absolute atomic E-state index is 0.00860. The molecular formula is C47H47N8O14P2+. The van der Waals surface area contributed by atoms with E-state index in [9.17, 15) is 48.5 Å². The van der Waals surface area contributed by atoms with Gasteiger partial charge < -0.3 is 37.9 Å². The van der Waals surface area contributed by atoms with E-state index in [1.807, 2.05) is 59.8 Å². The lowest BCUT2D eigenvalue weighted by Gasteiger charge is -2.15. The standard InChI is InChI=1S/C47H46N8O14P2/c1-6-28-19-34(38(56)22-41(28)68-70(60,61)62)44-48-49-46(58)54(44)32-11-13-37-33(21-32)26(2)24-52(37)25-53-45(55(47(59)50-53)31-10-12-36-29(18-31)15-16-51(36)3)35-20-30(42(23-39(35)57)69-71(63,64)65)9-7-27-8-14-40(66-4)43(17-27)67-5/h8,10-24H,6-7,9,25H2,1-5H3,(H7,48,49,50,56,58,59,60,61,62,63,64,65)/p+1. The summed E-state index contributed by atoms with van der Waals surface area (Å²) >= 11 is 0. The number of methoxy groups -OCH3 is 2. The number of hydrogen-bond donors (Lipinski definition) is 8. The van der Waals surface area contributed by atoms with E-state index in [0.717, 1.165) is 34.2 Å². The molecule has 0 bridgehead atoms. The minimum atomic E-state index is -5.13. The molecule has 0 saturated carbocycles. The largest absolute Gasteiger partial charge is 0.524 e. The van der Waals surface area contributed by atoms with Crippen LogP contribution in [0.15, 0.2) is 107 Å². The topological polar surface area (TPSA) is 295 Å². The van der Waals surface area contributed by atoms with E-state index in [1.165, 1.54) is 40.2 Å². The van der Waals surface area contributed by atoms with Crippen molar-refractivity contribution in [3.05, 3.63) is 141 Å². The molecule has 0 saturated heterocycles. The van der Waals surface area contributed by atoms with E-state index in [2.05, 4.69) is 15.3 Å². The van der Waals surface area contributed by atoms with Gasteiger partial charge in [-0.2, -0.15) is 10.2 Å². The number of fused-ring (bicyclic) bond motifs is 2. The average Bonchev–Trinajstić information content (AvgIpc) is 4.06. The van der Waals surface area contributed by atoms with Crippen molar-refractivity contribution in [2.45, 2.75) is 39.8 Å². The lowest BCUT2D eigenvalue weighted by atomic mass is 10.00. The highest BCUT2D eigenvalue weighted by Gasteiger charge is 2.32. The van der Waals surface area contributed by atoms with Crippen molar-refractivity contribution in [1.82, 2.24) is 33.6 Å². The molecule has 0 fully saturated rings. The second-order valence-electron chi connectivity index (χ2n) is 16.6. The molecule has 5 aromatic carbocycles. The number of phenolic OH excluding ortho intramolecular Hbond substituents is 2. The lowest BCUT2D eigenvalue weighted by Crippen LogP contribution is -2.42. The van der Waals surface area contributed by atoms with Crippen molar-refractivity contribution in [2.75, 3.05) is 14.2 Å². The quantitative estimate of drug-likeness (QED) is 0.0429. The number of phenols is 2. The molecular weight excluding hydrogens is 963 g/mol. The van der Waals surface area contributed by atoms with Crippen molar-refractivity contribution < 1.29 is 62.1 Å². The summed E-state index contributed by atoms with van der Waals surface area (Å²) in [4.78, 5) is 66.5. The fourth-order valence-electron chi connectivity index (χ4n) is 8.84. The number of aromatic nitrogens is 8. The van der Waals surface area contributed by atoms with Crippen LogP contribution in [0.4, 0.5) is 0 Å². The highest BCUT2D eigenvalue weighted by Crippen LogP contribution is 2.45. The first-order valence-electron chi connectivity index (χ1n) is 21.8. The van der Waals surface area contributed by atoms with Crippen LogP contribution in [0.5, 0.6) is 34.5 Å². The van der Waals surface area contributed by atoms with Gasteiger partial charge in [0, 0.05) is 47.9 Å². The Balaban J connectivity index is 1.16. The Kier molecular flexibility index (Phi) is 12.5. The maximum Gasteiger partial charge on any atom is 0.524 e. The van der Waals surface area contributed by atoms with Crippen LogP contribution < -0.4 is 34.6 Å². The second kappa shape index (κ2) is 18.5. The molecule has 22 nitrogen and oxygen atoms in total. The predicted molar refractivity (Wildman–Crippen MR) is 259 cm³/mol.